The monoisotopic (exact) mass is 222 g/mol. The second-order valence-corrected chi connectivity index (χ2v) is 3.96. The molecule has 3 aromatic rings. The van der Waals surface area contributed by atoms with Crippen molar-refractivity contribution in [2.75, 3.05) is 0 Å². The molecular weight excluding hydrogens is 204 g/mol. The largest absolute Gasteiger partial charge is 0.0683 e. The van der Waals surface area contributed by atoms with Gasteiger partial charge in [-0.15, -0.1) is 0 Å². The molecular formula is C17H18. The lowest BCUT2D eigenvalue weighted by Crippen LogP contribution is -1.81. The van der Waals surface area contributed by atoms with E-state index in [9.17, 15) is 0 Å². The van der Waals surface area contributed by atoms with Crippen molar-refractivity contribution in [3.63, 3.8) is 0 Å². The molecule has 0 aliphatic heterocycles. The topological polar surface area (TPSA) is 0 Å². The smallest absolute Gasteiger partial charge is 0.0103 e. The lowest BCUT2D eigenvalue weighted by molar-refractivity contribution is 1.50. The number of hydrogen-bond donors (Lipinski definition) is 0. The number of fused-ring (bicyclic) bond motifs is 3. The Labute approximate surface area is 103 Å². The summed E-state index contributed by atoms with van der Waals surface area (Å²) >= 11 is 0. The van der Waals surface area contributed by atoms with Gasteiger partial charge < -0.3 is 0 Å². The summed E-state index contributed by atoms with van der Waals surface area (Å²) in [6.45, 7) is 6.18. The molecule has 0 heterocycles. The number of benzene rings is 3. The lowest BCUT2D eigenvalue weighted by Gasteiger charge is -2.06. The molecule has 0 N–H and O–H groups in total. The molecule has 0 amide bonds. The van der Waals surface area contributed by atoms with Gasteiger partial charge in [0.05, 0.1) is 0 Å². The molecule has 86 valence electrons. The zero-order valence-corrected chi connectivity index (χ0v) is 10.7. The molecule has 0 aliphatic carbocycles. The maximum Gasteiger partial charge on any atom is -0.0103 e. The van der Waals surface area contributed by atoms with E-state index in [4.69, 9.17) is 0 Å². The number of rotatable bonds is 0. The van der Waals surface area contributed by atoms with Gasteiger partial charge in [-0.2, -0.15) is 0 Å². The van der Waals surface area contributed by atoms with Crippen molar-refractivity contribution in [1.29, 1.82) is 0 Å². The molecule has 0 fully saturated rings. The summed E-state index contributed by atoms with van der Waals surface area (Å²) < 4.78 is 0. The molecule has 0 saturated carbocycles. The van der Waals surface area contributed by atoms with Crippen LogP contribution in [-0.2, 0) is 0 Å². The van der Waals surface area contributed by atoms with Gasteiger partial charge in [-0.05, 0) is 34.0 Å². The van der Waals surface area contributed by atoms with E-state index in [2.05, 4.69) is 61.5 Å². The number of hydrogen-bond acceptors (Lipinski definition) is 0. The van der Waals surface area contributed by atoms with Crippen molar-refractivity contribution in [3.8, 4) is 0 Å². The summed E-state index contributed by atoms with van der Waals surface area (Å²) in [5.74, 6) is 0. The van der Waals surface area contributed by atoms with Crippen LogP contribution >= 0.6 is 0 Å². The van der Waals surface area contributed by atoms with Crippen molar-refractivity contribution < 1.29 is 0 Å². The fourth-order valence-corrected chi connectivity index (χ4v) is 2.24. The fraction of sp³-hybridized carbons (Fsp3) is 0.176. The standard InChI is InChI=1S/C15H12.C2H6/c1-11-10-12-6-2-3-8-14(12)15-9-5-4-7-13(11)15;1-2/h2-10H,1H3;1-2H3. The van der Waals surface area contributed by atoms with E-state index >= 15 is 0 Å². The van der Waals surface area contributed by atoms with Crippen molar-refractivity contribution >= 4 is 21.5 Å². The minimum atomic E-state index is 1.33. The molecule has 0 aromatic heterocycles. The molecule has 0 unspecified atom stereocenters. The number of aryl methyl sites for hydroxylation is 1. The maximum absolute atomic E-state index is 2.26. The van der Waals surface area contributed by atoms with E-state index in [1.165, 1.54) is 27.1 Å². The summed E-state index contributed by atoms with van der Waals surface area (Å²) in [5, 5.41) is 5.39. The maximum atomic E-state index is 2.26. The molecule has 0 spiro atoms. The highest BCUT2D eigenvalue weighted by Crippen LogP contribution is 2.27. The summed E-state index contributed by atoms with van der Waals surface area (Å²) in [4.78, 5) is 0. The highest BCUT2D eigenvalue weighted by atomic mass is 14.1. The normalized spacial score (nSPS) is 10.1. The second kappa shape index (κ2) is 5.01. The zero-order valence-electron chi connectivity index (χ0n) is 10.7. The zero-order chi connectivity index (χ0) is 12.3. The third-order valence-corrected chi connectivity index (χ3v) is 2.97. The highest BCUT2D eigenvalue weighted by molar-refractivity contribution is 6.08. The fourth-order valence-electron chi connectivity index (χ4n) is 2.24. The summed E-state index contributed by atoms with van der Waals surface area (Å²) in [5.41, 5.74) is 1.35. The van der Waals surface area contributed by atoms with Crippen LogP contribution in [0, 0.1) is 6.92 Å². The van der Waals surface area contributed by atoms with Gasteiger partial charge in [-0.25, -0.2) is 0 Å². The minimum Gasteiger partial charge on any atom is -0.0683 e. The Morgan fingerprint density at radius 1 is 0.647 bits per heavy atom. The molecule has 0 aliphatic rings. The Morgan fingerprint density at radius 3 is 1.88 bits per heavy atom. The molecule has 0 atom stereocenters. The predicted octanol–water partition coefficient (Wildman–Crippen LogP) is 5.33. The van der Waals surface area contributed by atoms with Gasteiger partial charge in [0.25, 0.3) is 0 Å². The average molecular weight is 222 g/mol. The first-order valence-electron chi connectivity index (χ1n) is 6.23. The van der Waals surface area contributed by atoms with E-state index in [0.717, 1.165) is 0 Å². The highest BCUT2D eigenvalue weighted by Gasteiger charge is 2.01. The molecule has 3 rings (SSSR count). The Morgan fingerprint density at radius 2 is 1.18 bits per heavy atom. The molecule has 0 saturated heterocycles. The van der Waals surface area contributed by atoms with Crippen molar-refractivity contribution in [2.24, 2.45) is 0 Å². The summed E-state index contributed by atoms with van der Waals surface area (Å²) in [6.07, 6.45) is 0. The van der Waals surface area contributed by atoms with Crippen molar-refractivity contribution in [1.82, 2.24) is 0 Å². The first-order valence-corrected chi connectivity index (χ1v) is 6.23. The van der Waals surface area contributed by atoms with Crippen LogP contribution in [-0.4, -0.2) is 0 Å². The third kappa shape index (κ3) is 2.03. The Bertz CT molecular complexity index is 636. The molecule has 0 heteroatoms. The minimum absolute atomic E-state index is 1.33. The van der Waals surface area contributed by atoms with Crippen molar-refractivity contribution in [2.45, 2.75) is 20.8 Å². The molecule has 3 aromatic carbocycles. The van der Waals surface area contributed by atoms with Gasteiger partial charge in [0.2, 0.25) is 0 Å². The van der Waals surface area contributed by atoms with Gasteiger partial charge >= 0.3 is 0 Å². The Kier molecular flexibility index (Phi) is 3.43. The quantitative estimate of drug-likeness (QED) is 0.451. The van der Waals surface area contributed by atoms with Gasteiger partial charge in [0.1, 0.15) is 0 Å². The summed E-state index contributed by atoms with van der Waals surface area (Å²) in [6, 6.07) is 19.4. The van der Waals surface area contributed by atoms with E-state index < -0.39 is 0 Å². The van der Waals surface area contributed by atoms with Crippen LogP contribution in [0.2, 0.25) is 0 Å². The SMILES string of the molecule is CC.Cc1cc2ccccc2c2ccccc12. The van der Waals surface area contributed by atoms with Gasteiger partial charge in [0, 0.05) is 0 Å². The molecule has 17 heavy (non-hydrogen) atoms. The van der Waals surface area contributed by atoms with Crippen LogP contribution in [0.3, 0.4) is 0 Å². The molecule has 0 radical (unpaired) electrons. The van der Waals surface area contributed by atoms with E-state index in [0.29, 0.717) is 0 Å². The van der Waals surface area contributed by atoms with Crippen LogP contribution in [0.5, 0.6) is 0 Å². The van der Waals surface area contributed by atoms with E-state index in [1.807, 2.05) is 13.8 Å². The van der Waals surface area contributed by atoms with E-state index in [1.54, 1.807) is 0 Å². The lowest BCUT2D eigenvalue weighted by atomic mass is 9.98. The Hall–Kier alpha value is -1.82. The van der Waals surface area contributed by atoms with Crippen LogP contribution < -0.4 is 0 Å². The second-order valence-electron chi connectivity index (χ2n) is 3.96. The van der Waals surface area contributed by atoms with Crippen molar-refractivity contribution in [3.05, 3.63) is 60.2 Å². The Balaban J connectivity index is 0.000000514. The van der Waals surface area contributed by atoms with E-state index in [-0.39, 0.29) is 0 Å². The van der Waals surface area contributed by atoms with Gasteiger partial charge in [-0.1, -0.05) is 68.4 Å². The van der Waals surface area contributed by atoms with Crippen LogP contribution in [0.1, 0.15) is 19.4 Å². The summed E-state index contributed by atoms with van der Waals surface area (Å²) in [7, 11) is 0. The van der Waals surface area contributed by atoms with Crippen LogP contribution in [0.15, 0.2) is 54.6 Å². The van der Waals surface area contributed by atoms with Crippen LogP contribution in [0.4, 0.5) is 0 Å². The molecule has 0 bridgehead atoms. The molecule has 0 nitrogen and oxygen atoms in total. The predicted molar refractivity (Wildman–Crippen MR) is 77.5 cm³/mol. The van der Waals surface area contributed by atoms with Gasteiger partial charge in [0.15, 0.2) is 0 Å². The van der Waals surface area contributed by atoms with Crippen LogP contribution in [0.25, 0.3) is 21.5 Å². The average Bonchev–Trinajstić information content (AvgIpc) is 2.42. The first kappa shape index (κ1) is 11.7. The third-order valence-electron chi connectivity index (χ3n) is 2.97. The first-order chi connectivity index (χ1) is 8.36. The van der Waals surface area contributed by atoms with Gasteiger partial charge in [-0.3, -0.25) is 0 Å².